The van der Waals surface area contributed by atoms with Crippen LogP contribution in [-0.2, 0) is 29.2 Å². The smallest absolute Gasteiger partial charge is 0.191 e. The van der Waals surface area contributed by atoms with Crippen molar-refractivity contribution >= 4 is 5.96 Å². The molecule has 26 heavy (non-hydrogen) atoms. The molecule has 2 aromatic rings. The highest BCUT2D eigenvalue weighted by Gasteiger charge is 2.01. The minimum Gasteiger partial charge on any atom is -0.379 e. The molecule has 0 aliphatic heterocycles. The Hall–Kier alpha value is -2.44. The van der Waals surface area contributed by atoms with Crippen LogP contribution in [0.5, 0.6) is 0 Å². The van der Waals surface area contributed by atoms with Crippen molar-refractivity contribution in [2.45, 2.75) is 26.6 Å². The molecule has 0 spiro atoms. The molecule has 140 valence electrons. The number of hydrogen-bond donors (Lipinski definition) is 2. The van der Waals surface area contributed by atoms with Gasteiger partial charge in [0.25, 0.3) is 0 Å². The second kappa shape index (κ2) is 12.0. The van der Waals surface area contributed by atoms with Crippen LogP contribution < -0.4 is 10.6 Å². The first-order chi connectivity index (χ1) is 12.8. The van der Waals surface area contributed by atoms with E-state index in [2.05, 4.69) is 38.8 Å². The molecule has 0 unspecified atom stereocenters. The van der Waals surface area contributed by atoms with Crippen molar-refractivity contribution in [1.29, 1.82) is 0 Å². The third-order valence-electron chi connectivity index (χ3n) is 3.68. The molecule has 2 rings (SSSR count). The Labute approximate surface area is 155 Å². The first-order valence-electron chi connectivity index (χ1n) is 8.89. The summed E-state index contributed by atoms with van der Waals surface area (Å²) >= 11 is 0. The largest absolute Gasteiger partial charge is 0.379 e. The number of hydrogen-bond acceptors (Lipinski definition) is 4. The summed E-state index contributed by atoms with van der Waals surface area (Å²) in [6, 6.07) is 14.2. The monoisotopic (exact) mass is 356 g/mol. The Bertz CT molecular complexity index is 662. The third kappa shape index (κ3) is 7.63. The maximum atomic E-state index is 5.62. The topological polar surface area (TPSA) is 67.8 Å². The van der Waals surface area contributed by atoms with Gasteiger partial charge in [0.05, 0.1) is 32.1 Å². The molecule has 0 saturated carbocycles. The average Bonchev–Trinajstić information content (AvgIpc) is 2.69. The van der Waals surface area contributed by atoms with Gasteiger partial charge in [-0.3, -0.25) is 9.98 Å². The third-order valence-corrected chi connectivity index (χ3v) is 3.68. The van der Waals surface area contributed by atoms with Crippen LogP contribution in [0.3, 0.4) is 0 Å². The van der Waals surface area contributed by atoms with Crippen molar-refractivity contribution in [3.63, 3.8) is 0 Å². The molecule has 0 fully saturated rings. The maximum Gasteiger partial charge on any atom is 0.191 e. The van der Waals surface area contributed by atoms with Crippen LogP contribution in [0.25, 0.3) is 0 Å². The molecular formula is C20H28N4O2. The molecule has 0 radical (unpaired) electrons. The van der Waals surface area contributed by atoms with Gasteiger partial charge in [-0.25, -0.2) is 0 Å². The summed E-state index contributed by atoms with van der Waals surface area (Å²) in [6.07, 6.45) is 1.79. The fourth-order valence-electron chi connectivity index (χ4n) is 2.36. The zero-order chi connectivity index (χ0) is 18.5. The molecular weight excluding hydrogens is 328 g/mol. The van der Waals surface area contributed by atoms with Crippen LogP contribution in [0.1, 0.15) is 23.7 Å². The van der Waals surface area contributed by atoms with E-state index in [4.69, 9.17) is 9.47 Å². The van der Waals surface area contributed by atoms with Gasteiger partial charge >= 0.3 is 0 Å². The molecule has 0 aliphatic carbocycles. The highest BCUT2D eigenvalue weighted by atomic mass is 16.5. The average molecular weight is 356 g/mol. The van der Waals surface area contributed by atoms with Gasteiger partial charge in [-0.15, -0.1) is 0 Å². The van der Waals surface area contributed by atoms with Gasteiger partial charge in [0.1, 0.15) is 0 Å². The van der Waals surface area contributed by atoms with E-state index in [1.165, 1.54) is 5.56 Å². The molecule has 0 bridgehead atoms. The first kappa shape index (κ1) is 19.9. The van der Waals surface area contributed by atoms with E-state index < -0.39 is 0 Å². The van der Waals surface area contributed by atoms with Gasteiger partial charge in [0.2, 0.25) is 0 Å². The fraction of sp³-hybridized carbons (Fsp3) is 0.400. The van der Waals surface area contributed by atoms with E-state index in [9.17, 15) is 0 Å². The lowest BCUT2D eigenvalue weighted by Crippen LogP contribution is -2.36. The zero-order valence-corrected chi connectivity index (χ0v) is 15.6. The fourth-order valence-corrected chi connectivity index (χ4v) is 2.36. The Kier molecular flexibility index (Phi) is 9.18. The molecule has 1 heterocycles. The number of pyridine rings is 1. The molecule has 1 aromatic carbocycles. The molecule has 0 amide bonds. The molecule has 6 heteroatoms. The SMILES string of the molecule is CCOCCOCc1cccc(CNC(=NC)NCc2ccccn2)c1. The van der Waals surface area contributed by atoms with E-state index in [0.29, 0.717) is 32.9 Å². The van der Waals surface area contributed by atoms with Crippen molar-refractivity contribution in [1.82, 2.24) is 15.6 Å². The quantitative estimate of drug-likeness (QED) is 0.389. The van der Waals surface area contributed by atoms with Crippen molar-refractivity contribution in [3.05, 3.63) is 65.5 Å². The zero-order valence-electron chi connectivity index (χ0n) is 15.6. The Morgan fingerprint density at radius 3 is 2.58 bits per heavy atom. The van der Waals surface area contributed by atoms with Crippen molar-refractivity contribution in [2.24, 2.45) is 4.99 Å². The van der Waals surface area contributed by atoms with Crippen molar-refractivity contribution in [2.75, 3.05) is 26.9 Å². The minimum absolute atomic E-state index is 0.591. The number of benzene rings is 1. The van der Waals surface area contributed by atoms with Gasteiger partial charge in [0.15, 0.2) is 5.96 Å². The lowest BCUT2D eigenvalue weighted by Gasteiger charge is -2.12. The highest BCUT2D eigenvalue weighted by molar-refractivity contribution is 5.79. The standard InChI is InChI=1S/C20H28N4O2/c1-3-25-11-12-26-16-18-8-6-7-17(13-18)14-23-20(21-2)24-15-19-9-4-5-10-22-19/h4-10,13H,3,11-12,14-16H2,1-2H3,(H2,21,23,24). The summed E-state index contributed by atoms with van der Waals surface area (Å²) < 4.78 is 10.9. The Morgan fingerprint density at radius 1 is 1.00 bits per heavy atom. The van der Waals surface area contributed by atoms with E-state index in [1.54, 1.807) is 13.2 Å². The van der Waals surface area contributed by atoms with Gasteiger partial charge in [-0.2, -0.15) is 0 Å². The first-order valence-corrected chi connectivity index (χ1v) is 8.89. The number of aliphatic imine (C=N–C) groups is 1. The van der Waals surface area contributed by atoms with Crippen molar-refractivity contribution < 1.29 is 9.47 Å². The predicted octanol–water partition coefficient (Wildman–Crippen LogP) is 2.50. The Morgan fingerprint density at radius 2 is 1.81 bits per heavy atom. The van der Waals surface area contributed by atoms with Gasteiger partial charge in [-0.05, 0) is 30.2 Å². The lowest BCUT2D eigenvalue weighted by molar-refractivity contribution is 0.0453. The molecule has 2 N–H and O–H groups in total. The van der Waals surface area contributed by atoms with E-state index in [0.717, 1.165) is 23.8 Å². The normalized spacial score (nSPS) is 11.4. The van der Waals surface area contributed by atoms with Gasteiger partial charge in [-0.1, -0.05) is 30.3 Å². The van der Waals surface area contributed by atoms with Gasteiger partial charge < -0.3 is 20.1 Å². The number of rotatable bonds is 10. The number of guanidine groups is 1. The summed E-state index contributed by atoms with van der Waals surface area (Å²) in [4.78, 5) is 8.54. The summed E-state index contributed by atoms with van der Waals surface area (Å²) in [5.74, 6) is 0.744. The molecule has 1 aromatic heterocycles. The maximum absolute atomic E-state index is 5.62. The van der Waals surface area contributed by atoms with Crippen LogP contribution in [0.2, 0.25) is 0 Å². The van der Waals surface area contributed by atoms with Gasteiger partial charge in [0, 0.05) is 26.4 Å². The summed E-state index contributed by atoms with van der Waals surface area (Å²) in [5, 5.41) is 6.58. The number of nitrogens with zero attached hydrogens (tertiary/aromatic N) is 2. The lowest BCUT2D eigenvalue weighted by atomic mass is 10.1. The van der Waals surface area contributed by atoms with E-state index >= 15 is 0 Å². The van der Waals surface area contributed by atoms with Crippen LogP contribution in [0, 0.1) is 0 Å². The van der Waals surface area contributed by atoms with Crippen LogP contribution in [-0.4, -0.2) is 37.8 Å². The summed E-state index contributed by atoms with van der Waals surface area (Å²) in [5.41, 5.74) is 3.30. The second-order valence-corrected chi connectivity index (χ2v) is 5.67. The Balaban J connectivity index is 1.75. The van der Waals surface area contributed by atoms with Crippen LogP contribution in [0.15, 0.2) is 53.7 Å². The van der Waals surface area contributed by atoms with Crippen LogP contribution >= 0.6 is 0 Å². The van der Waals surface area contributed by atoms with Crippen LogP contribution in [0.4, 0.5) is 0 Å². The van der Waals surface area contributed by atoms with E-state index in [-0.39, 0.29) is 0 Å². The highest BCUT2D eigenvalue weighted by Crippen LogP contribution is 2.06. The molecule has 6 nitrogen and oxygen atoms in total. The number of aromatic nitrogens is 1. The van der Waals surface area contributed by atoms with E-state index in [1.807, 2.05) is 31.2 Å². The second-order valence-electron chi connectivity index (χ2n) is 5.67. The van der Waals surface area contributed by atoms with Crippen molar-refractivity contribution in [3.8, 4) is 0 Å². The predicted molar refractivity (Wildman–Crippen MR) is 104 cm³/mol. The molecule has 0 atom stereocenters. The summed E-state index contributed by atoms with van der Waals surface area (Å²) in [6.45, 7) is 5.86. The molecule has 0 aliphatic rings. The number of nitrogens with one attached hydrogen (secondary N) is 2. The molecule has 0 saturated heterocycles. The number of ether oxygens (including phenoxy) is 2. The summed E-state index contributed by atoms with van der Waals surface area (Å²) in [7, 11) is 1.76. The minimum atomic E-state index is 0.591.